The maximum atomic E-state index is 13.8. The topological polar surface area (TPSA) is 29.1 Å². The van der Waals surface area contributed by atoms with E-state index in [1.807, 2.05) is 66.7 Å². The molecule has 142 valence electrons. The minimum absolute atomic E-state index is 0.359. The number of rotatable bonds is 6. The molecule has 0 amide bonds. The van der Waals surface area contributed by atoms with Gasteiger partial charge in [-0.2, -0.15) is 0 Å². The van der Waals surface area contributed by atoms with Crippen molar-refractivity contribution >= 4 is 57.8 Å². The molecule has 28 heavy (non-hydrogen) atoms. The van der Waals surface area contributed by atoms with Crippen LogP contribution >= 0.6 is 42.1 Å². The summed E-state index contributed by atoms with van der Waals surface area (Å²) >= 11 is 19.2. The lowest BCUT2D eigenvalue weighted by Crippen LogP contribution is -1.95. The SMILES string of the molecule is O=P(C=C(Cl)c1ccccc1)(C=C(Cl)c1ccccc1)Nc1ccccc1Cl. The molecule has 3 aromatic rings. The number of nitrogens with one attached hydrogen (secondary N) is 1. The lowest BCUT2D eigenvalue weighted by atomic mass is 10.2. The first-order valence-corrected chi connectivity index (χ1v) is 11.4. The predicted octanol–water partition coefficient (Wildman–Crippen LogP) is 8.50. The highest BCUT2D eigenvalue weighted by molar-refractivity contribution is 7.72. The first-order valence-electron chi connectivity index (χ1n) is 8.47. The Morgan fingerprint density at radius 3 is 1.61 bits per heavy atom. The number of benzene rings is 3. The number of hydrogen-bond donors (Lipinski definition) is 1. The van der Waals surface area contributed by atoms with Gasteiger partial charge in [-0.1, -0.05) is 108 Å². The molecule has 0 saturated carbocycles. The Hall–Kier alpha value is -1.96. The third-order valence-corrected chi connectivity index (χ3v) is 7.04. The van der Waals surface area contributed by atoms with Crippen LogP contribution in [-0.4, -0.2) is 0 Å². The molecule has 0 heterocycles. The van der Waals surface area contributed by atoms with Crippen LogP contribution in [0.3, 0.4) is 0 Å². The lowest BCUT2D eigenvalue weighted by molar-refractivity contribution is 0.589. The van der Waals surface area contributed by atoms with Crippen molar-refractivity contribution in [3.8, 4) is 0 Å². The number of hydrogen-bond acceptors (Lipinski definition) is 1. The zero-order valence-electron chi connectivity index (χ0n) is 14.7. The normalized spacial score (nSPS) is 14.4. The van der Waals surface area contributed by atoms with Crippen LogP contribution in [0.15, 0.2) is 96.6 Å². The third kappa shape index (κ3) is 5.53. The standard InChI is InChI=1S/C22H17Cl3NOP/c23-19-13-7-8-14-22(19)26-28(27,15-20(24)17-9-3-1-4-10-17)16-21(25)18-11-5-2-6-12-18/h1-16H,(H,26,27). The van der Waals surface area contributed by atoms with E-state index in [9.17, 15) is 4.57 Å². The van der Waals surface area contributed by atoms with Crippen molar-refractivity contribution in [2.24, 2.45) is 0 Å². The average molecular weight is 449 g/mol. The predicted molar refractivity (Wildman–Crippen MR) is 123 cm³/mol. The van der Waals surface area contributed by atoms with Crippen molar-refractivity contribution in [3.63, 3.8) is 0 Å². The number of halogens is 3. The van der Waals surface area contributed by atoms with Gasteiger partial charge in [0.25, 0.3) is 0 Å². The number of para-hydroxylation sites is 1. The Morgan fingerprint density at radius 1 is 0.714 bits per heavy atom. The third-order valence-electron chi connectivity index (χ3n) is 3.88. The van der Waals surface area contributed by atoms with E-state index in [0.717, 1.165) is 11.1 Å². The van der Waals surface area contributed by atoms with Crippen LogP contribution in [0, 0.1) is 0 Å². The summed E-state index contributed by atoms with van der Waals surface area (Å²) in [7, 11) is -3.33. The Labute approximate surface area is 179 Å². The molecule has 1 N–H and O–H groups in total. The molecule has 0 aliphatic rings. The van der Waals surface area contributed by atoms with Crippen LogP contribution in [0.4, 0.5) is 5.69 Å². The van der Waals surface area contributed by atoms with Crippen LogP contribution in [0.1, 0.15) is 11.1 Å². The fourth-order valence-corrected chi connectivity index (χ4v) is 5.64. The van der Waals surface area contributed by atoms with Crippen molar-refractivity contribution < 1.29 is 4.57 Å². The van der Waals surface area contributed by atoms with Gasteiger partial charge in [0.2, 0.25) is 7.29 Å². The fraction of sp³-hybridized carbons (Fsp3) is 0. The monoisotopic (exact) mass is 447 g/mol. The van der Waals surface area contributed by atoms with E-state index in [2.05, 4.69) is 5.09 Å². The van der Waals surface area contributed by atoms with Crippen molar-refractivity contribution in [3.05, 3.63) is 113 Å². The fourth-order valence-electron chi connectivity index (χ4n) is 2.52. The van der Waals surface area contributed by atoms with E-state index >= 15 is 0 Å². The van der Waals surface area contributed by atoms with E-state index in [0.29, 0.717) is 20.8 Å². The van der Waals surface area contributed by atoms with Gasteiger partial charge in [-0.3, -0.25) is 4.57 Å². The van der Waals surface area contributed by atoms with Gasteiger partial charge in [0.15, 0.2) is 0 Å². The zero-order chi connectivity index (χ0) is 20.0. The van der Waals surface area contributed by atoms with Gasteiger partial charge in [0.1, 0.15) is 0 Å². The molecule has 0 aromatic heterocycles. The summed E-state index contributed by atoms with van der Waals surface area (Å²) in [5.74, 6) is 3.00. The van der Waals surface area contributed by atoms with Gasteiger partial charge in [-0.05, 0) is 23.3 Å². The Morgan fingerprint density at radius 2 is 1.14 bits per heavy atom. The molecule has 0 radical (unpaired) electrons. The van der Waals surface area contributed by atoms with Crippen molar-refractivity contribution in [2.75, 3.05) is 5.09 Å². The molecular weight excluding hydrogens is 432 g/mol. The van der Waals surface area contributed by atoms with Crippen molar-refractivity contribution in [2.45, 2.75) is 0 Å². The van der Waals surface area contributed by atoms with Crippen LogP contribution < -0.4 is 5.09 Å². The van der Waals surface area contributed by atoms with Crippen LogP contribution in [0.2, 0.25) is 5.02 Å². The molecule has 3 rings (SSSR count). The average Bonchev–Trinajstić information content (AvgIpc) is 2.71. The highest BCUT2D eigenvalue weighted by atomic mass is 35.5. The molecular formula is C22H17Cl3NOP. The largest absolute Gasteiger partial charge is 0.329 e. The molecule has 6 heteroatoms. The highest BCUT2D eigenvalue weighted by Gasteiger charge is 2.20. The quantitative estimate of drug-likeness (QED) is 0.383. The summed E-state index contributed by atoms with van der Waals surface area (Å²) in [4.78, 5) is 0. The molecule has 0 unspecified atom stereocenters. The van der Waals surface area contributed by atoms with Gasteiger partial charge in [0, 0.05) is 11.6 Å². The first kappa shape index (κ1) is 20.8. The molecule has 0 saturated heterocycles. The summed E-state index contributed by atoms with van der Waals surface area (Å²) in [6.07, 6.45) is 0. The maximum Gasteiger partial charge on any atom is 0.216 e. The Balaban J connectivity index is 2.05. The van der Waals surface area contributed by atoms with E-state index in [4.69, 9.17) is 34.8 Å². The minimum atomic E-state index is -3.33. The van der Waals surface area contributed by atoms with E-state index in [1.165, 1.54) is 11.6 Å². The van der Waals surface area contributed by atoms with E-state index in [-0.39, 0.29) is 0 Å². The Kier molecular flexibility index (Phi) is 7.04. The molecule has 0 fully saturated rings. The summed E-state index contributed by atoms with van der Waals surface area (Å²) in [5.41, 5.74) is 2.05. The zero-order valence-corrected chi connectivity index (χ0v) is 17.9. The second-order valence-corrected chi connectivity index (χ2v) is 9.37. The van der Waals surface area contributed by atoms with E-state index in [1.54, 1.807) is 18.2 Å². The molecule has 3 aromatic carbocycles. The maximum absolute atomic E-state index is 13.8. The van der Waals surface area contributed by atoms with Gasteiger partial charge in [-0.15, -0.1) is 0 Å². The second kappa shape index (κ2) is 9.49. The summed E-state index contributed by atoms with van der Waals surface area (Å²) in [6, 6.07) is 25.7. The highest BCUT2D eigenvalue weighted by Crippen LogP contribution is 2.54. The molecule has 2 nitrogen and oxygen atoms in total. The summed E-state index contributed by atoms with van der Waals surface area (Å²) in [5, 5.41) is 4.20. The number of anilines is 1. The van der Waals surface area contributed by atoms with Crippen molar-refractivity contribution in [1.29, 1.82) is 0 Å². The molecule has 0 aliphatic heterocycles. The summed E-state index contributed by atoms with van der Waals surface area (Å²) < 4.78 is 13.8. The van der Waals surface area contributed by atoms with Gasteiger partial charge < -0.3 is 5.09 Å². The lowest BCUT2D eigenvalue weighted by Gasteiger charge is -2.16. The van der Waals surface area contributed by atoms with Gasteiger partial charge in [-0.25, -0.2) is 0 Å². The smallest absolute Gasteiger partial charge is 0.216 e. The second-order valence-electron chi connectivity index (χ2n) is 5.99. The van der Waals surface area contributed by atoms with Gasteiger partial charge >= 0.3 is 0 Å². The minimum Gasteiger partial charge on any atom is -0.329 e. The van der Waals surface area contributed by atoms with Crippen LogP contribution in [0.5, 0.6) is 0 Å². The van der Waals surface area contributed by atoms with Crippen LogP contribution in [0.25, 0.3) is 10.1 Å². The van der Waals surface area contributed by atoms with E-state index < -0.39 is 7.29 Å². The van der Waals surface area contributed by atoms with Crippen molar-refractivity contribution in [1.82, 2.24) is 0 Å². The first-order chi connectivity index (χ1) is 13.5. The molecule has 0 aliphatic carbocycles. The molecule has 0 spiro atoms. The van der Waals surface area contributed by atoms with Crippen LogP contribution in [-0.2, 0) is 4.57 Å². The Bertz CT molecular complexity index is 990. The van der Waals surface area contributed by atoms with Gasteiger partial charge in [0.05, 0.1) is 20.8 Å². The molecule has 0 atom stereocenters. The molecule has 0 bridgehead atoms. The summed E-state index contributed by atoms with van der Waals surface area (Å²) in [6.45, 7) is 0.